The van der Waals surface area contributed by atoms with E-state index in [1.54, 1.807) is 6.26 Å². The first-order valence-corrected chi connectivity index (χ1v) is 27.9. The number of nitrogens with one attached hydrogen (secondary N) is 10. The lowest BCUT2D eigenvalue weighted by molar-refractivity contribution is -0.143. The van der Waals surface area contributed by atoms with Crippen LogP contribution in [0.5, 0.6) is 11.5 Å². The minimum absolute atomic E-state index is 0.0765. The van der Waals surface area contributed by atoms with Crippen LogP contribution in [0.25, 0.3) is 0 Å². The standard InChI is InChI=1S/C50H68N12O18S3/c1-24(41(70)59-35(50(79)80)16-26-5-9-29(65)10-6-26)54-44(73)34(18-40(68)69)58-47(76)36(20-63)60-49(78)38(22-82)61-43(72)31(13-14-83-2)55-45(74)32(15-25-3-7-28(64)8-4-25)57-48(77)37(21-81)62-46(75)33(17-27-19-52-23-53-27)56-42(71)30(51)11-12-39(66)67/h3-10,19,23-24,30-38,63-65,81-82H,11-18,20-22,51H2,1-2H3,(H,52,53)(H,54,73)(H,55,74)(H,56,71)(H,57,77)(H,58,76)(H,59,70)(H,60,78)(H,61,72)(H,62,75)(H,66,67)(H,68,69)(H,79,80)/t24-,30-,31-,32-,33-,34-,35-,36-,37-,38-/m0/s1. The van der Waals surface area contributed by atoms with E-state index in [0.29, 0.717) is 16.8 Å². The molecule has 10 atom stereocenters. The number of carbonyl (C=O) groups is 12. The van der Waals surface area contributed by atoms with Gasteiger partial charge in [-0.3, -0.25) is 52.7 Å². The van der Waals surface area contributed by atoms with E-state index in [4.69, 9.17) is 10.8 Å². The number of thioether (sulfide) groups is 1. The molecule has 0 bridgehead atoms. The molecule has 83 heavy (non-hydrogen) atoms. The van der Waals surface area contributed by atoms with Crippen molar-refractivity contribution >= 4 is 108 Å². The molecule has 0 saturated carbocycles. The van der Waals surface area contributed by atoms with Gasteiger partial charge in [0.25, 0.3) is 0 Å². The number of aliphatic hydroxyl groups is 1. The number of carbonyl (C=O) groups excluding carboxylic acids is 9. The summed E-state index contributed by atoms with van der Waals surface area (Å²) in [6, 6.07) is -4.64. The Labute approximate surface area is 489 Å². The lowest BCUT2D eigenvalue weighted by Gasteiger charge is -2.27. The summed E-state index contributed by atoms with van der Waals surface area (Å²) in [6.45, 7) is 0.000158. The number of amides is 9. The fourth-order valence-corrected chi connectivity index (χ4v) is 8.42. The summed E-state index contributed by atoms with van der Waals surface area (Å²) in [6.07, 6.45) is 1.90. The SMILES string of the molecule is CSCC[C@H](NC(=O)[C@H](Cc1ccc(O)cc1)NC(=O)[C@H](CS)NC(=O)[C@H](Cc1c[nH]cn1)NC(=O)[C@@H](N)CCC(=O)O)C(=O)N[C@@H](CS)C(=O)N[C@@H](CO)C(=O)N[C@@H](CC(=O)O)C(=O)N[C@@H](C)C(=O)N[C@@H](Cc1ccc(O)cc1)C(=O)O. The summed E-state index contributed by atoms with van der Waals surface area (Å²) in [4.78, 5) is 164. The number of imidazole rings is 1. The molecule has 0 unspecified atom stereocenters. The molecule has 0 aliphatic heterocycles. The van der Waals surface area contributed by atoms with E-state index in [9.17, 15) is 83.1 Å². The second-order valence-corrected chi connectivity index (χ2v) is 20.2. The number of hydrogen-bond donors (Lipinski definition) is 19. The first kappa shape index (κ1) is 69.1. The van der Waals surface area contributed by atoms with Crippen molar-refractivity contribution in [1.82, 2.24) is 57.8 Å². The average Bonchev–Trinajstić information content (AvgIpc) is 4.10. The van der Waals surface area contributed by atoms with Gasteiger partial charge in [0.2, 0.25) is 53.2 Å². The van der Waals surface area contributed by atoms with E-state index in [1.807, 2.05) is 0 Å². The zero-order valence-corrected chi connectivity index (χ0v) is 47.3. The number of aliphatic carboxylic acids is 3. The van der Waals surface area contributed by atoms with Crippen LogP contribution in [0.3, 0.4) is 0 Å². The molecule has 454 valence electrons. The molecule has 3 aromatic rings. The van der Waals surface area contributed by atoms with Gasteiger partial charge in [-0.05, 0) is 67.2 Å². The molecule has 0 fully saturated rings. The molecule has 3 rings (SSSR count). The molecule has 1 aromatic heterocycles. The number of aromatic amines is 1. The largest absolute Gasteiger partial charge is 0.508 e. The number of nitrogens with two attached hydrogens (primary N) is 1. The highest BCUT2D eigenvalue weighted by Gasteiger charge is 2.36. The number of H-pyrrole nitrogens is 1. The number of aromatic hydroxyl groups is 2. The molecule has 1 heterocycles. The Bertz CT molecular complexity index is 2730. The first-order valence-electron chi connectivity index (χ1n) is 25.3. The number of rotatable bonds is 36. The van der Waals surface area contributed by atoms with Crippen LogP contribution >= 0.6 is 37.0 Å². The Morgan fingerprint density at radius 2 is 0.964 bits per heavy atom. The minimum atomic E-state index is -1.94. The summed E-state index contributed by atoms with van der Waals surface area (Å²) < 4.78 is 0. The maximum atomic E-state index is 14.3. The number of benzene rings is 2. The molecule has 33 heteroatoms. The van der Waals surface area contributed by atoms with Crippen LogP contribution in [0.15, 0.2) is 61.1 Å². The van der Waals surface area contributed by atoms with Crippen LogP contribution in [-0.4, -0.2) is 202 Å². The molecule has 0 saturated heterocycles. The lowest BCUT2D eigenvalue weighted by atomic mass is 10.0. The van der Waals surface area contributed by atoms with Crippen LogP contribution in [0.4, 0.5) is 0 Å². The average molecular weight is 1220 g/mol. The number of carboxylic acids is 3. The summed E-state index contributed by atoms with van der Waals surface area (Å²) in [5.41, 5.74) is 7.01. The van der Waals surface area contributed by atoms with Gasteiger partial charge in [-0.15, -0.1) is 0 Å². The quantitative estimate of drug-likeness (QED) is 0.0244. The second-order valence-electron chi connectivity index (χ2n) is 18.5. The fourth-order valence-electron chi connectivity index (χ4n) is 7.44. The van der Waals surface area contributed by atoms with Crippen LogP contribution < -0.4 is 53.6 Å². The monoisotopic (exact) mass is 1220 g/mol. The van der Waals surface area contributed by atoms with Gasteiger partial charge in [0.05, 0.1) is 31.1 Å². The maximum absolute atomic E-state index is 14.3. The van der Waals surface area contributed by atoms with Crippen LogP contribution in [0.1, 0.15) is 49.4 Å². The number of phenols is 2. The second kappa shape index (κ2) is 35.0. The van der Waals surface area contributed by atoms with E-state index in [2.05, 4.69) is 83.1 Å². The molecule has 9 amide bonds. The predicted molar refractivity (Wildman–Crippen MR) is 301 cm³/mol. The molecule has 2 aromatic carbocycles. The maximum Gasteiger partial charge on any atom is 0.326 e. The Balaban J connectivity index is 1.77. The van der Waals surface area contributed by atoms with Crippen molar-refractivity contribution in [2.24, 2.45) is 5.73 Å². The van der Waals surface area contributed by atoms with Crippen molar-refractivity contribution in [1.29, 1.82) is 0 Å². The Kier molecular flexibility index (Phi) is 29.1. The number of hydrogen-bond acceptors (Lipinski definition) is 20. The van der Waals surface area contributed by atoms with Gasteiger partial charge in [-0.25, -0.2) is 9.78 Å². The van der Waals surface area contributed by atoms with Gasteiger partial charge in [0, 0.05) is 43.4 Å². The first-order chi connectivity index (χ1) is 39.3. The molecular formula is C50H68N12O18S3. The fraction of sp³-hybridized carbons (Fsp3) is 0.460. The van der Waals surface area contributed by atoms with Crippen molar-refractivity contribution < 1.29 is 88.2 Å². The Morgan fingerprint density at radius 3 is 1.43 bits per heavy atom. The Morgan fingerprint density at radius 1 is 0.542 bits per heavy atom. The molecule has 18 N–H and O–H groups in total. The van der Waals surface area contributed by atoms with E-state index in [0.717, 1.165) is 6.92 Å². The number of phenolic OH excluding ortho intramolecular Hbond substituents is 2. The van der Waals surface area contributed by atoms with Gasteiger partial charge in [0.15, 0.2) is 0 Å². The topological polar surface area (TPSA) is 489 Å². The summed E-state index contributed by atoms with van der Waals surface area (Å²) in [5.74, 6) is -14.4. The minimum Gasteiger partial charge on any atom is -0.508 e. The molecule has 0 aliphatic carbocycles. The normalized spacial score (nSPS) is 14.6. The number of thiol groups is 2. The summed E-state index contributed by atoms with van der Waals surface area (Å²) in [7, 11) is 0. The smallest absolute Gasteiger partial charge is 0.326 e. The lowest BCUT2D eigenvalue weighted by Crippen LogP contribution is -2.61. The zero-order valence-electron chi connectivity index (χ0n) is 44.7. The molecule has 0 radical (unpaired) electrons. The molecule has 0 aliphatic rings. The van der Waals surface area contributed by atoms with Crippen molar-refractivity contribution in [2.75, 3.05) is 30.1 Å². The number of aliphatic hydroxyl groups excluding tert-OH is 1. The van der Waals surface area contributed by atoms with Gasteiger partial charge in [-0.2, -0.15) is 37.0 Å². The van der Waals surface area contributed by atoms with Crippen LogP contribution in [-0.2, 0) is 76.8 Å². The Hall–Kier alpha value is -8.14. The van der Waals surface area contributed by atoms with Crippen molar-refractivity contribution in [3.05, 3.63) is 77.9 Å². The molecule has 30 nitrogen and oxygen atoms in total. The predicted octanol–water partition coefficient (Wildman–Crippen LogP) is -4.41. The highest BCUT2D eigenvalue weighted by molar-refractivity contribution is 7.98. The van der Waals surface area contributed by atoms with Crippen molar-refractivity contribution in [3.63, 3.8) is 0 Å². The number of aromatic nitrogens is 2. The van der Waals surface area contributed by atoms with E-state index in [1.165, 1.54) is 72.8 Å². The van der Waals surface area contributed by atoms with Crippen molar-refractivity contribution in [2.45, 2.75) is 112 Å². The van der Waals surface area contributed by atoms with E-state index >= 15 is 0 Å². The van der Waals surface area contributed by atoms with Crippen LogP contribution in [0, 0.1) is 0 Å². The van der Waals surface area contributed by atoms with Gasteiger partial charge in [0.1, 0.15) is 65.9 Å². The highest BCUT2D eigenvalue weighted by Crippen LogP contribution is 2.14. The van der Waals surface area contributed by atoms with Gasteiger partial charge < -0.3 is 89.2 Å². The van der Waals surface area contributed by atoms with Crippen LogP contribution in [0.2, 0.25) is 0 Å². The van der Waals surface area contributed by atoms with Gasteiger partial charge >= 0.3 is 17.9 Å². The van der Waals surface area contributed by atoms with Crippen molar-refractivity contribution in [3.8, 4) is 11.5 Å². The molecular weight excluding hydrogens is 1150 g/mol. The third-order valence-corrected chi connectivity index (χ3v) is 13.4. The third kappa shape index (κ3) is 24.1. The van der Waals surface area contributed by atoms with E-state index < -0.39 is 157 Å². The van der Waals surface area contributed by atoms with Gasteiger partial charge in [-0.1, -0.05) is 24.3 Å². The summed E-state index contributed by atoms with van der Waals surface area (Å²) in [5, 5.41) is 79.1. The molecule has 0 spiro atoms. The summed E-state index contributed by atoms with van der Waals surface area (Å²) >= 11 is 9.66. The number of nitrogens with zero attached hydrogens (tertiary/aromatic N) is 1. The number of carboxylic acid groups (broad SMARTS) is 3. The highest BCUT2D eigenvalue weighted by atomic mass is 32.2. The van der Waals surface area contributed by atoms with E-state index in [-0.39, 0.29) is 55.1 Å². The zero-order chi connectivity index (χ0) is 61.9. The third-order valence-electron chi connectivity index (χ3n) is 12.1.